The molecule has 1 unspecified atom stereocenters. The first-order valence-corrected chi connectivity index (χ1v) is 7.12. The highest BCUT2D eigenvalue weighted by atomic mass is 35.5. The minimum Gasteiger partial charge on any atom is -0.494 e. The van der Waals surface area contributed by atoms with Crippen LogP contribution in [-0.4, -0.2) is 18.6 Å². The van der Waals surface area contributed by atoms with Crippen LogP contribution in [0.15, 0.2) is 48.1 Å². The number of hydrogen-bond acceptors (Lipinski definition) is 3. The Hall–Kier alpha value is -2.56. The summed E-state index contributed by atoms with van der Waals surface area (Å²) in [5.74, 6) is -0.202. The molecule has 1 heterocycles. The molecular weight excluding hydrogens is 319 g/mol. The molecule has 0 radical (unpaired) electrons. The van der Waals surface area contributed by atoms with Gasteiger partial charge < -0.3 is 4.74 Å². The van der Waals surface area contributed by atoms with Crippen molar-refractivity contribution in [3.8, 4) is 17.0 Å². The first-order chi connectivity index (χ1) is 11.1. The van der Waals surface area contributed by atoms with E-state index >= 15 is 0 Å². The largest absolute Gasteiger partial charge is 0.494 e. The number of methoxy groups -OCH3 is 1. The van der Waals surface area contributed by atoms with Crippen molar-refractivity contribution < 1.29 is 9.13 Å². The van der Waals surface area contributed by atoms with Crippen LogP contribution in [0.4, 0.5) is 4.39 Å². The number of benzene rings is 1. The van der Waals surface area contributed by atoms with Gasteiger partial charge in [-0.15, -0.1) is 6.58 Å². The lowest BCUT2D eigenvalue weighted by atomic mass is 10.0. The molecule has 0 saturated heterocycles. The molecule has 0 aliphatic rings. The summed E-state index contributed by atoms with van der Waals surface area (Å²) < 4.78 is 18.7. The minimum atomic E-state index is -0.502. The second-order valence-electron chi connectivity index (χ2n) is 4.67. The van der Waals surface area contributed by atoms with Crippen molar-refractivity contribution in [3.63, 3.8) is 0 Å². The molecule has 0 spiro atoms. The normalized spacial score (nSPS) is 11.4. The molecule has 5 nitrogen and oxygen atoms in total. The Morgan fingerprint density at radius 2 is 2.26 bits per heavy atom. The number of halogens is 2. The molecule has 1 aromatic heterocycles. The molecule has 1 atom stereocenters. The Bertz CT molecular complexity index is 775. The standard InChI is InChI=1S/C16H14ClFN4O/c1-3-10(9-20-22-19)14-6-7-15(23-2)16(21-14)11-4-5-13(18)12(17)8-11/h3-8,10H,1,9H2,2H3. The van der Waals surface area contributed by atoms with Gasteiger partial charge in [0.05, 0.1) is 12.1 Å². The fourth-order valence-corrected chi connectivity index (χ4v) is 2.28. The summed E-state index contributed by atoms with van der Waals surface area (Å²) in [7, 11) is 1.52. The Balaban J connectivity index is 2.52. The van der Waals surface area contributed by atoms with E-state index in [1.807, 2.05) is 0 Å². The van der Waals surface area contributed by atoms with Gasteiger partial charge in [-0.2, -0.15) is 0 Å². The van der Waals surface area contributed by atoms with Gasteiger partial charge in [0.15, 0.2) is 0 Å². The predicted molar refractivity (Wildman–Crippen MR) is 88.1 cm³/mol. The molecule has 0 saturated carbocycles. The molecule has 0 aliphatic carbocycles. The quantitative estimate of drug-likeness (QED) is 0.318. The molecule has 1 aromatic carbocycles. The van der Waals surface area contributed by atoms with Gasteiger partial charge in [0.2, 0.25) is 0 Å². The third kappa shape index (κ3) is 3.80. The maximum Gasteiger partial charge on any atom is 0.145 e. The van der Waals surface area contributed by atoms with E-state index in [0.29, 0.717) is 22.7 Å². The highest BCUT2D eigenvalue weighted by Gasteiger charge is 2.15. The average molecular weight is 333 g/mol. The van der Waals surface area contributed by atoms with Crippen LogP contribution in [0.1, 0.15) is 11.6 Å². The molecule has 118 valence electrons. The fourth-order valence-electron chi connectivity index (χ4n) is 2.10. The monoisotopic (exact) mass is 332 g/mol. The second kappa shape index (κ2) is 7.63. The van der Waals surface area contributed by atoms with E-state index in [1.54, 1.807) is 24.3 Å². The topological polar surface area (TPSA) is 70.9 Å². The molecular formula is C16H14ClFN4O. The van der Waals surface area contributed by atoms with E-state index in [0.717, 1.165) is 0 Å². The number of aromatic nitrogens is 1. The lowest BCUT2D eigenvalue weighted by molar-refractivity contribution is 0.414. The minimum absolute atomic E-state index is 0.00565. The van der Waals surface area contributed by atoms with Crippen molar-refractivity contribution in [2.75, 3.05) is 13.7 Å². The molecule has 0 aliphatic heterocycles. The van der Waals surface area contributed by atoms with Gasteiger partial charge in [0.25, 0.3) is 0 Å². The zero-order valence-corrected chi connectivity index (χ0v) is 13.2. The first kappa shape index (κ1) is 16.8. The van der Waals surface area contributed by atoms with E-state index in [-0.39, 0.29) is 17.5 Å². The first-order valence-electron chi connectivity index (χ1n) is 6.74. The van der Waals surface area contributed by atoms with Gasteiger partial charge in [-0.1, -0.05) is 22.8 Å². The summed E-state index contributed by atoms with van der Waals surface area (Å²) in [5, 5.41) is 3.56. The molecule has 0 amide bonds. The van der Waals surface area contributed by atoms with E-state index in [1.165, 1.54) is 19.2 Å². The van der Waals surface area contributed by atoms with Crippen LogP contribution < -0.4 is 4.74 Å². The molecule has 2 rings (SSSR count). The fraction of sp³-hybridized carbons (Fsp3) is 0.188. The number of nitrogens with zero attached hydrogens (tertiary/aromatic N) is 4. The zero-order chi connectivity index (χ0) is 16.8. The van der Waals surface area contributed by atoms with E-state index in [9.17, 15) is 4.39 Å². The smallest absolute Gasteiger partial charge is 0.145 e. The van der Waals surface area contributed by atoms with Crippen LogP contribution >= 0.6 is 11.6 Å². The number of azide groups is 1. The van der Waals surface area contributed by atoms with Gasteiger partial charge in [0, 0.05) is 28.6 Å². The summed E-state index contributed by atoms with van der Waals surface area (Å²) in [5.41, 5.74) is 10.3. The van der Waals surface area contributed by atoms with Crippen molar-refractivity contribution in [1.82, 2.24) is 4.98 Å². The maximum absolute atomic E-state index is 13.4. The van der Waals surface area contributed by atoms with Gasteiger partial charge in [-0.3, -0.25) is 0 Å². The third-order valence-electron chi connectivity index (χ3n) is 3.30. The lowest BCUT2D eigenvalue weighted by Gasteiger charge is -2.14. The van der Waals surface area contributed by atoms with Crippen LogP contribution in [0.2, 0.25) is 5.02 Å². The molecule has 23 heavy (non-hydrogen) atoms. The molecule has 0 bridgehead atoms. The van der Waals surface area contributed by atoms with Crippen molar-refractivity contribution >= 4 is 11.6 Å². The summed E-state index contributed by atoms with van der Waals surface area (Å²) in [6.07, 6.45) is 1.66. The van der Waals surface area contributed by atoms with E-state index in [2.05, 4.69) is 21.6 Å². The summed E-state index contributed by atoms with van der Waals surface area (Å²) in [6.45, 7) is 3.95. The maximum atomic E-state index is 13.4. The van der Waals surface area contributed by atoms with Crippen LogP contribution in [0.3, 0.4) is 0 Å². The van der Waals surface area contributed by atoms with Gasteiger partial charge in [-0.25, -0.2) is 9.37 Å². The highest BCUT2D eigenvalue weighted by molar-refractivity contribution is 6.31. The number of hydrogen-bond donors (Lipinski definition) is 0. The van der Waals surface area contributed by atoms with Gasteiger partial charge >= 0.3 is 0 Å². The predicted octanol–water partition coefficient (Wildman–Crippen LogP) is 5.13. The van der Waals surface area contributed by atoms with Crippen LogP contribution in [0.5, 0.6) is 5.75 Å². The number of rotatable bonds is 6. The van der Waals surface area contributed by atoms with Crippen LogP contribution in [0, 0.1) is 5.82 Å². The average Bonchev–Trinajstić information content (AvgIpc) is 2.58. The molecule has 2 aromatic rings. The Kier molecular flexibility index (Phi) is 5.57. The second-order valence-corrected chi connectivity index (χ2v) is 5.08. The Morgan fingerprint density at radius 3 is 2.87 bits per heavy atom. The van der Waals surface area contributed by atoms with Crippen molar-refractivity contribution in [2.45, 2.75) is 5.92 Å². The molecule has 7 heteroatoms. The SMILES string of the molecule is C=CC(CN=[N+]=[N-])c1ccc(OC)c(-c2ccc(F)c(Cl)c2)n1. The van der Waals surface area contributed by atoms with E-state index < -0.39 is 5.82 Å². The van der Waals surface area contributed by atoms with Crippen LogP contribution in [-0.2, 0) is 0 Å². The Morgan fingerprint density at radius 1 is 1.48 bits per heavy atom. The summed E-state index contributed by atoms with van der Waals surface area (Å²) in [4.78, 5) is 7.30. The molecule has 0 fully saturated rings. The van der Waals surface area contributed by atoms with Crippen molar-refractivity contribution in [2.24, 2.45) is 5.11 Å². The Labute approximate surface area is 138 Å². The van der Waals surface area contributed by atoms with Gasteiger partial charge in [-0.05, 0) is 35.9 Å². The lowest BCUT2D eigenvalue weighted by Crippen LogP contribution is -2.04. The number of ether oxygens (including phenoxy) is 1. The number of pyridine rings is 1. The zero-order valence-electron chi connectivity index (χ0n) is 12.4. The summed E-state index contributed by atoms with van der Waals surface area (Å²) >= 11 is 5.84. The van der Waals surface area contributed by atoms with Crippen molar-refractivity contribution in [1.29, 1.82) is 0 Å². The van der Waals surface area contributed by atoms with Crippen molar-refractivity contribution in [3.05, 3.63) is 70.0 Å². The third-order valence-corrected chi connectivity index (χ3v) is 3.59. The molecule has 0 N–H and O–H groups in total. The van der Waals surface area contributed by atoms with Crippen LogP contribution in [0.25, 0.3) is 21.7 Å². The summed E-state index contributed by atoms with van der Waals surface area (Å²) in [6, 6.07) is 7.86. The van der Waals surface area contributed by atoms with E-state index in [4.69, 9.17) is 21.9 Å². The highest BCUT2D eigenvalue weighted by Crippen LogP contribution is 2.32. The van der Waals surface area contributed by atoms with Gasteiger partial charge in [0.1, 0.15) is 17.3 Å².